The van der Waals surface area contributed by atoms with Gasteiger partial charge in [0.05, 0.1) is 0 Å². The van der Waals surface area contributed by atoms with E-state index in [2.05, 4.69) is 18.7 Å². The van der Waals surface area contributed by atoms with Crippen LogP contribution in [0.4, 0.5) is 0 Å². The van der Waals surface area contributed by atoms with Gasteiger partial charge in [0, 0.05) is 12.6 Å². The van der Waals surface area contributed by atoms with Crippen molar-refractivity contribution in [2.24, 2.45) is 11.1 Å². The topological polar surface area (TPSA) is 66.6 Å². The zero-order valence-electron chi connectivity index (χ0n) is 11.5. The quantitative estimate of drug-likeness (QED) is 0.787. The molecule has 4 nitrogen and oxygen atoms in total. The first-order chi connectivity index (χ1) is 7.64. The summed E-state index contributed by atoms with van der Waals surface area (Å²) in [6.45, 7) is 6.59. The van der Waals surface area contributed by atoms with E-state index in [0.717, 1.165) is 12.8 Å². The van der Waals surface area contributed by atoms with Crippen LogP contribution < -0.4 is 5.73 Å². The largest absolute Gasteiger partial charge is 0.480 e. The Morgan fingerprint density at radius 2 is 1.94 bits per heavy atom. The number of rotatable bonds is 4. The van der Waals surface area contributed by atoms with E-state index in [9.17, 15) is 4.79 Å². The van der Waals surface area contributed by atoms with Crippen molar-refractivity contribution in [3.05, 3.63) is 0 Å². The van der Waals surface area contributed by atoms with Gasteiger partial charge in [-0.05, 0) is 45.1 Å². The van der Waals surface area contributed by atoms with Gasteiger partial charge in [-0.15, -0.1) is 0 Å². The van der Waals surface area contributed by atoms with Crippen LogP contribution in [0.15, 0.2) is 0 Å². The minimum atomic E-state index is -1.15. The van der Waals surface area contributed by atoms with Crippen LogP contribution in [-0.4, -0.2) is 41.1 Å². The standard InChI is InChI=1S/C13H26N2O2/c1-12(2)7-5-10(6-8-12)15(4)9-13(3,14)11(16)17/h10H,5-9,14H2,1-4H3,(H,16,17). The molecule has 0 saturated heterocycles. The van der Waals surface area contributed by atoms with Crippen molar-refractivity contribution >= 4 is 5.97 Å². The molecule has 1 fully saturated rings. The normalized spacial score (nSPS) is 24.6. The number of hydrogen-bond acceptors (Lipinski definition) is 3. The van der Waals surface area contributed by atoms with Gasteiger partial charge in [0.25, 0.3) is 0 Å². The lowest BCUT2D eigenvalue weighted by Crippen LogP contribution is -2.55. The molecule has 100 valence electrons. The summed E-state index contributed by atoms with van der Waals surface area (Å²) >= 11 is 0. The Morgan fingerprint density at radius 3 is 2.35 bits per heavy atom. The molecule has 1 saturated carbocycles. The van der Waals surface area contributed by atoms with Gasteiger partial charge in [-0.1, -0.05) is 13.8 Å². The van der Waals surface area contributed by atoms with Crippen molar-refractivity contribution in [1.82, 2.24) is 4.90 Å². The number of carbonyl (C=O) groups is 1. The number of aliphatic carboxylic acids is 1. The third kappa shape index (κ3) is 3.96. The maximum Gasteiger partial charge on any atom is 0.324 e. The summed E-state index contributed by atoms with van der Waals surface area (Å²) in [5.41, 5.74) is 5.07. The predicted molar refractivity (Wildman–Crippen MR) is 68.9 cm³/mol. The molecular weight excluding hydrogens is 216 g/mol. The van der Waals surface area contributed by atoms with Crippen molar-refractivity contribution < 1.29 is 9.90 Å². The second kappa shape index (κ2) is 4.94. The Hall–Kier alpha value is -0.610. The van der Waals surface area contributed by atoms with E-state index in [0.29, 0.717) is 18.0 Å². The van der Waals surface area contributed by atoms with Gasteiger partial charge in [0.2, 0.25) is 0 Å². The average molecular weight is 242 g/mol. The Balaban J connectivity index is 2.50. The molecule has 4 heteroatoms. The molecule has 17 heavy (non-hydrogen) atoms. The highest BCUT2D eigenvalue weighted by molar-refractivity contribution is 5.78. The smallest absolute Gasteiger partial charge is 0.324 e. The zero-order chi connectivity index (χ0) is 13.3. The van der Waals surface area contributed by atoms with Crippen LogP contribution in [0.25, 0.3) is 0 Å². The summed E-state index contributed by atoms with van der Waals surface area (Å²) in [5.74, 6) is -0.930. The van der Waals surface area contributed by atoms with Gasteiger partial charge in [-0.2, -0.15) is 0 Å². The van der Waals surface area contributed by atoms with E-state index in [4.69, 9.17) is 10.8 Å². The molecule has 0 radical (unpaired) electrons. The first kappa shape index (κ1) is 14.5. The first-order valence-electron chi connectivity index (χ1n) is 6.37. The van der Waals surface area contributed by atoms with Crippen molar-refractivity contribution in [1.29, 1.82) is 0 Å². The maximum absolute atomic E-state index is 11.0. The third-order valence-electron chi connectivity index (χ3n) is 4.00. The van der Waals surface area contributed by atoms with Gasteiger partial charge >= 0.3 is 5.97 Å². The minimum Gasteiger partial charge on any atom is -0.480 e. The maximum atomic E-state index is 11.0. The molecule has 0 aromatic carbocycles. The van der Waals surface area contributed by atoms with E-state index in [1.54, 1.807) is 6.92 Å². The molecular formula is C13H26N2O2. The zero-order valence-corrected chi connectivity index (χ0v) is 11.5. The molecule has 0 spiro atoms. The molecule has 1 aliphatic rings. The molecule has 0 heterocycles. The summed E-state index contributed by atoms with van der Waals surface area (Å²) in [6.07, 6.45) is 4.69. The van der Waals surface area contributed by atoms with Gasteiger partial charge < -0.3 is 15.7 Å². The highest BCUT2D eigenvalue weighted by Gasteiger charge is 2.34. The van der Waals surface area contributed by atoms with E-state index in [1.807, 2.05) is 7.05 Å². The average Bonchev–Trinajstić information content (AvgIpc) is 2.16. The summed E-state index contributed by atoms with van der Waals surface area (Å²) in [7, 11) is 1.98. The van der Waals surface area contributed by atoms with E-state index in [1.165, 1.54) is 12.8 Å². The molecule has 3 N–H and O–H groups in total. The summed E-state index contributed by atoms with van der Waals surface area (Å²) in [6, 6.07) is 0.477. The number of hydrogen-bond donors (Lipinski definition) is 2. The van der Waals surface area contributed by atoms with E-state index < -0.39 is 11.5 Å². The molecule has 1 aliphatic carbocycles. The fourth-order valence-electron chi connectivity index (χ4n) is 2.54. The molecule has 0 amide bonds. The van der Waals surface area contributed by atoms with Crippen molar-refractivity contribution in [3.8, 4) is 0 Å². The van der Waals surface area contributed by atoms with Crippen LogP contribution in [0.2, 0.25) is 0 Å². The van der Waals surface area contributed by atoms with Crippen LogP contribution in [-0.2, 0) is 4.79 Å². The monoisotopic (exact) mass is 242 g/mol. The van der Waals surface area contributed by atoms with Crippen molar-refractivity contribution in [2.45, 2.75) is 58.0 Å². The molecule has 0 aliphatic heterocycles. The Kier molecular flexibility index (Phi) is 4.20. The molecule has 0 aromatic heterocycles. The fraction of sp³-hybridized carbons (Fsp3) is 0.923. The van der Waals surface area contributed by atoms with Crippen LogP contribution in [0.5, 0.6) is 0 Å². The van der Waals surface area contributed by atoms with Crippen LogP contribution >= 0.6 is 0 Å². The molecule has 1 rings (SSSR count). The number of likely N-dealkylation sites (N-methyl/N-ethyl adjacent to an activating group) is 1. The second-order valence-corrected chi connectivity index (χ2v) is 6.53. The molecule has 0 aromatic rings. The van der Waals surface area contributed by atoms with Crippen molar-refractivity contribution in [2.75, 3.05) is 13.6 Å². The first-order valence-corrected chi connectivity index (χ1v) is 6.37. The minimum absolute atomic E-state index is 0.410. The van der Waals surface area contributed by atoms with Crippen LogP contribution in [0.1, 0.15) is 46.5 Å². The molecule has 0 bridgehead atoms. The Morgan fingerprint density at radius 1 is 1.47 bits per heavy atom. The van der Waals surface area contributed by atoms with Crippen LogP contribution in [0.3, 0.4) is 0 Å². The lowest BCUT2D eigenvalue weighted by Gasteiger charge is -2.40. The number of carboxylic acid groups (broad SMARTS) is 1. The van der Waals surface area contributed by atoms with Gasteiger partial charge in [-0.25, -0.2) is 0 Å². The Bertz CT molecular complexity index is 277. The molecule has 1 unspecified atom stereocenters. The van der Waals surface area contributed by atoms with Crippen LogP contribution in [0, 0.1) is 5.41 Å². The summed E-state index contributed by atoms with van der Waals surface area (Å²) < 4.78 is 0. The third-order valence-corrected chi connectivity index (χ3v) is 4.00. The second-order valence-electron chi connectivity index (χ2n) is 6.53. The Labute approximate surface area is 104 Å². The number of nitrogens with zero attached hydrogens (tertiary/aromatic N) is 1. The fourth-order valence-corrected chi connectivity index (χ4v) is 2.54. The lowest BCUT2D eigenvalue weighted by atomic mass is 9.75. The van der Waals surface area contributed by atoms with Gasteiger partial charge in [0.1, 0.15) is 5.54 Å². The molecule has 1 atom stereocenters. The summed E-state index contributed by atoms with van der Waals surface area (Å²) in [5, 5.41) is 9.02. The lowest BCUT2D eigenvalue weighted by molar-refractivity contribution is -0.143. The van der Waals surface area contributed by atoms with Crippen molar-refractivity contribution in [3.63, 3.8) is 0 Å². The SMILES string of the molecule is CN(CC(C)(N)C(=O)O)C1CCC(C)(C)CC1. The van der Waals surface area contributed by atoms with Gasteiger partial charge in [-0.3, -0.25) is 4.79 Å². The van der Waals surface area contributed by atoms with Gasteiger partial charge in [0.15, 0.2) is 0 Å². The van der Waals surface area contributed by atoms with E-state index in [-0.39, 0.29) is 0 Å². The number of nitrogens with two attached hydrogens (primary N) is 1. The highest BCUT2D eigenvalue weighted by Crippen LogP contribution is 2.36. The predicted octanol–water partition coefficient (Wildman–Crippen LogP) is 1.69. The highest BCUT2D eigenvalue weighted by atomic mass is 16.4. The van der Waals surface area contributed by atoms with E-state index >= 15 is 0 Å². The summed E-state index contributed by atoms with van der Waals surface area (Å²) in [4.78, 5) is 13.1. The number of carboxylic acids is 1.